The first-order chi connectivity index (χ1) is 10.1. The highest BCUT2D eigenvalue weighted by Gasteiger charge is 2.04. The lowest BCUT2D eigenvalue weighted by atomic mass is 10.1. The molecule has 1 unspecified atom stereocenters. The number of carbonyl (C=O) groups is 1. The van der Waals surface area contributed by atoms with Gasteiger partial charge in [-0.1, -0.05) is 42.5 Å². The lowest BCUT2D eigenvalue weighted by molar-refractivity contribution is 0.252. The number of urea groups is 1. The summed E-state index contributed by atoms with van der Waals surface area (Å²) < 4.78 is 0. The molecular weight excluding hydrogens is 262 g/mol. The van der Waals surface area contributed by atoms with E-state index >= 15 is 0 Å². The molecule has 0 saturated carbocycles. The van der Waals surface area contributed by atoms with Crippen LogP contribution < -0.4 is 16.4 Å². The van der Waals surface area contributed by atoms with Crippen LogP contribution in [0.25, 0.3) is 0 Å². The molecule has 0 fully saturated rings. The molecule has 0 aliphatic rings. The largest absolute Gasteiger partial charge is 0.338 e. The van der Waals surface area contributed by atoms with Gasteiger partial charge in [-0.2, -0.15) is 0 Å². The van der Waals surface area contributed by atoms with Gasteiger partial charge in [0.15, 0.2) is 0 Å². The van der Waals surface area contributed by atoms with Crippen molar-refractivity contribution in [2.75, 3.05) is 11.9 Å². The topological polar surface area (TPSA) is 67.1 Å². The molecule has 0 saturated heterocycles. The molecule has 110 valence electrons. The monoisotopic (exact) mass is 283 g/mol. The number of hydrogen-bond acceptors (Lipinski definition) is 2. The summed E-state index contributed by atoms with van der Waals surface area (Å²) in [6.45, 7) is 2.52. The molecule has 4 nitrogen and oxygen atoms in total. The van der Waals surface area contributed by atoms with Crippen LogP contribution in [0, 0.1) is 0 Å². The summed E-state index contributed by atoms with van der Waals surface area (Å²) in [7, 11) is 0. The summed E-state index contributed by atoms with van der Waals surface area (Å²) >= 11 is 0. The van der Waals surface area contributed by atoms with Crippen LogP contribution in [0.5, 0.6) is 0 Å². The van der Waals surface area contributed by atoms with Gasteiger partial charge in [0, 0.05) is 18.3 Å². The fraction of sp³-hybridized carbons (Fsp3) is 0.235. The normalized spacial score (nSPS) is 11.7. The van der Waals surface area contributed by atoms with Crippen LogP contribution in [0.15, 0.2) is 54.6 Å². The second-order valence-electron chi connectivity index (χ2n) is 5.03. The standard InChI is InChI=1S/C17H21N3O/c1-13(18)15-8-5-9-16(12-15)20-17(21)19-11-10-14-6-3-2-4-7-14/h2-9,12-13H,10-11,18H2,1H3,(H2,19,20,21). The van der Waals surface area contributed by atoms with Crippen molar-refractivity contribution in [1.82, 2.24) is 5.32 Å². The number of hydrogen-bond donors (Lipinski definition) is 3. The zero-order valence-corrected chi connectivity index (χ0v) is 12.2. The van der Waals surface area contributed by atoms with Gasteiger partial charge in [-0.3, -0.25) is 0 Å². The molecule has 2 rings (SSSR count). The summed E-state index contributed by atoms with van der Waals surface area (Å²) in [4.78, 5) is 11.8. The Morgan fingerprint density at radius 2 is 1.90 bits per heavy atom. The average Bonchev–Trinajstić information content (AvgIpc) is 2.48. The minimum Gasteiger partial charge on any atom is -0.338 e. The summed E-state index contributed by atoms with van der Waals surface area (Å²) in [5.74, 6) is 0. The van der Waals surface area contributed by atoms with Gasteiger partial charge in [-0.05, 0) is 36.6 Å². The summed E-state index contributed by atoms with van der Waals surface area (Å²) in [5.41, 5.74) is 8.78. The highest BCUT2D eigenvalue weighted by molar-refractivity contribution is 5.89. The molecule has 0 aliphatic heterocycles. The van der Waals surface area contributed by atoms with Gasteiger partial charge < -0.3 is 16.4 Å². The van der Waals surface area contributed by atoms with Crippen molar-refractivity contribution in [1.29, 1.82) is 0 Å². The van der Waals surface area contributed by atoms with Gasteiger partial charge in [0.2, 0.25) is 0 Å². The molecule has 2 aromatic rings. The van der Waals surface area contributed by atoms with Gasteiger partial charge in [0.05, 0.1) is 0 Å². The number of anilines is 1. The molecule has 0 heterocycles. The van der Waals surface area contributed by atoms with Crippen LogP contribution in [-0.4, -0.2) is 12.6 Å². The quantitative estimate of drug-likeness (QED) is 0.789. The maximum Gasteiger partial charge on any atom is 0.319 e. The lowest BCUT2D eigenvalue weighted by Crippen LogP contribution is -2.30. The maximum absolute atomic E-state index is 11.8. The van der Waals surface area contributed by atoms with Crippen molar-refractivity contribution in [3.05, 3.63) is 65.7 Å². The zero-order chi connectivity index (χ0) is 15.1. The van der Waals surface area contributed by atoms with Crippen molar-refractivity contribution in [2.45, 2.75) is 19.4 Å². The molecule has 0 radical (unpaired) electrons. The van der Waals surface area contributed by atoms with Gasteiger partial charge in [0.25, 0.3) is 0 Å². The smallest absolute Gasteiger partial charge is 0.319 e. The Morgan fingerprint density at radius 1 is 1.14 bits per heavy atom. The molecule has 21 heavy (non-hydrogen) atoms. The van der Waals surface area contributed by atoms with E-state index in [9.17, 15) is 4.79 Å². The van der Waals surface area contributed by atoms with Gasteiger partial charge in [-0.25, -0.2) is 4.79 Å². The van der Waals surface area contributed by atoms with Gasteiger partial charge in [0.1, 0.15) is 0 Å². The van der Waals surface area contributed by atoms with E-state index in [1.807, 2.05) is 61.5 Å². The van der Waals surface area contributed by atoms with E-state index in [2.05, 4.69) is 10.6 Å². The second-order valence-corrected chi connectivity index (χ2v) is 5.03. The van der Waals surface area contributed by atoms with Crippen LogP contribution in [0.2, 0.25) is 0 Å². The summed E-state index contributed by atoms with van der Waals surface area (Å²) in [6, 6.07) is 17.4. The Morgan fingerprint density at radius 3 is 2.62 bits per heavy atom. The Bertz CT molecular complexity index is 582. The Balaban J connectivity index is 1.80. The number of carbonyl (C=O) groups excluding carboxylic acids is 1. The van der Waals surface area contributed by atoms with E-state index in [-0.39, 0.29) is 12.1 Å². The molecular formula is C17H21N3O. The first-order valence-electron chi connectivity index (χ1n) is 7.09. The van der Waals surface area contributed by atoms with E-state index in [0.29, 0.717) is 6.54 Å². The first-order valence-corrected chi connectivity index (χ1v) is 7.09. The highest BCUT2D eigenvalue weighted by Crippen LogP contribution is 2.15. The van der Waals surface area contributed by atoms with E-state index in [1.165, 1.54) is 5.56 Å². The predicted octanol–water partition coefficient (Wildman–Crippen LogP) is 3.07. The molecule has 4 heteroatoms. The molecule has 0 bridgehead atoms. The van der Waals surface area contributed by atoms with Gasteiger partial charge >= 0.3 is 6.03 Å². The van der Waals surface area contributed by atoms with E-state index in [4.69, 9.17) is 5.73 Å². The minimum atomic E-state index is -0.201. The number of nitrogens with one attached hydrogen (secondary N) is 2. The fourth-order valence-electron chi connectivity index (χ4n) is 2.04. The summed E-state index contributed by atoms with van der Waals surface area (Å²) in [6.07, 6.45) is 0.814. The van der Waals surface area contributed by atoms with Crippen molar-refractivity contribution >= 4 is 11.7 Å². The van der Waals surface area contributed by atoms with E-state index in [1.54, 1.807) is 0 Å². The SMILES string of the molecule is CC(N)c1cccc(NC(=O)NCCc2ccccc2)c1. The molecule has 2 amide bonds. The average molecular weight is 283 g/mol. The molecule has 4 N–H and O–H groups in total. The Kier molecular flexibility index (Phi) is 5.35. The number of nitrogens with two attached hydrogens (primary N) is 1. The summed E-state index contributed by atoms with van der Waals surface area (Å²) in [5, 5.41) is 5.66. The third-order valence-corrected chi connectivity index (χ3v) is 3.21. The van der Waals surface area contributed by atoms with E-state index in [0.717, 1.165) is 17.7 Å². The predicted molar refractivity (Wildman–Crippen MR) is 86.2 cm³/mol. The number of rotatable bonds is 5. The van der Waals surface area contributed by atoms with Crippen molar-refractivity contribution in [3.8, 4) is 0 Å². The first kappa shape index (κ1) is 15.1. The van der Waals surface area contributed by atoms with Crippen LogP contribution in [0.1, 0.15) is 24.1 Å². The number of benzene rings is 2. The Hall–Kier alpha value is -2.33. The lowest BCUT2D eigenvalue weighted by Gasteiger charge is -2.10. The molecule has 0 aliphatic carbocycles. The third kappa shape index (κ3) is 4.93. The molecule has 1 atom stereocenters. The third-order valence-electron chi connectivity index (χ3n) is 3.21. The van der Waals surface area contributed by atoms with Crippen molar-refractivity contribution in [3.63, 3.8) is 0 Å². The van der Waals surface area contributed by atoms with Crippen molar-refractivity contribution < 1.29 is 4.79 Å². The molecule has 0 spiro atoms. The Labute approximate surface area is 125 Å². The second kappa shape index (κ2) is 7.45. The zero-order valence-electron chi connectivity index (χ0n) is 12.2. The minimum absolute atomic E-state index is 0.0482. The van der Waals surface area contributed by atoms with Crippen LogP contribution in [0.3, 0.4) is 0 Å². The van der Waals surface area contributed by atoms with E-state index < -0.39 is 0 Å². The van der Waals surface area contributed by atoms with Crippen LogP contribution in [0.4, 0.5) is 10.5 Å². The number of amides is 2. The van der Waals surface area contributed by atoms with Gasteiger partial charge in [-0.15, -0.1) is 0 Å². The highest BCUT2D eigenvalue weighted by atomic mass is 16.2. The fourth-order valence-corrected chi connectivity index (χ4v) is 2.04. The van der Waals surface area contributed by atoms with Crippen LogP contribution in [-0.2, 0) is 6.42 Å². The van der Waals surface area contributed by atoms with Crippen LogP contribution >= 0.6 is 0 Å². The maximum atomic E-state index is 11.8. The molecule has 0 aromatic heterocycles. The van der Waals surface area contributed by atoms with Crippen molar-refractivity contribution in [2.24, 2.45) is 5.73 Å². The molecule has 2 aromatic carbocycles.